The summed E-state index contributed by atoms with van der Waals surface area (Å²) in [6, 6.07) is 3.28. The Morgan fingerprint density at radius 2 is 2.19 bits per heavy atom. The Balaban J connectivity index is 2.26. The number of nitrogens with zero attached hydrogens (tertiary/aromatic N) is 2. The van der Waals surface area contributed by atoms with Gasteiger partial charge in [0.05, 0.1) is 0 Å². The van der Waals surface area contributed by atoms with E-state index >= 15 is 0 Å². The lowest BCUT2D eigenvalue weighted by atomic mass is 10.2. The van der Waals surface area contributed by atoms with Crippen molar-refractivity contribution in [1.82, 2.24) is 10.3 Å². The first-order chi connectivity index (χ1) is 7.74. The van der Waals surface area contributed by atoms with Crippen molar-refractivity contribution < 1.29 is 10.0 Å². The molecule has 86 valence electrons. The summed E-state index contributed by atoms with van der Waals surface area (Å²) in [6.45, 7) is 0.484. The van der Waals surface area contributed by atoms with E-state index in [1.807, 2.05) is 0 Å². The van der Waals surface area contributed by atoms with E-state index in [1.165, 1.54) is 0 Å². The van der Waals surface area contributed by atoms with Gasteiger partial charge in [-0.05, 0) is 18.6 Å². The number of nitrogens with one attached hydrogen (secondary N) is 1. The van der Waals surface area contributed by atoms with Gasteiger partial charge in [0.1, 0.15) is 5.84 Å². The maximum absolute atomic E-state index is 11.5. The molecule has 0 fully saturated rings. The number of hydrogen-bond acceptors (Lipinski definition) is 4. The van der Waals surface area contributed by atoms with Crippen LogP contribution in [0.1, 0.15) is 23.2 Å². The third kappa shape index (κ3) is 3.95. The number of oxime groups is 1. The summed E-state index contributed by atoms with van der Waals surface area (Å²) in [5.41, 5.74) is 5.85. The zero-order valence-corrected chi connectivity index (χ0v) is 8.76. The van der Waals surface area contributed by atoms with Gasteiger partial charge in [0.15, 0.2) is 0 Å². The molecule has 0 aliphatic rings. The molecule has 16 heavy (non-hydrogen) atoms. The topological polar surface area (TPSA) is 101 Å². The fraction of sp³-hybridized carbons (Fsp3) is 0.300. The molecule has 1 aromatic heterocycles. The number of amides is 1. The van der Waals surface area contributed by atoms with Crippen LogP contribution in [0.4, 0.5) is 0 Å². The van der Waals surface area contributed by atoms with E-state index in [9.17, 15) is 4.79 Å². The second-order valence-electron chi connectivity index (χ2n) is 3.19. The standard InChI is InChI=1S/C10H14N4O2/c11-9(14-16)2-1-5-13-10(15)8-3-6-12-7-4-8/h3-4,6-7,16H,1-2,5H2,(H2,11,14)(H,13,15). The van der Waals surface area contributed by atoms with Gasteiger partial charge in [0, 0.05) is 30.9 Å². The predicted octanol–water partition coefficient (Wildman–Crippen LogP) is 0.338. The third-order valence-electron chi connectivity index (χ3n) is 1.97. The monoisotopic (exact) mass is 222 g/mol. The predicted molar refractivity (Wildman–Crippen MR) is 59.2 cm³/mol. The van der Waals surface area contributed by atoms with E-state index in [4.69, 9.17) is 10.9 Å². The third-order valence-corrected chi connectivity index (χ3v) is 1.97. The van der Waals surface area contributed by atoms with Crippen LogP contribution in [0, 0.1) is 0 Å². The molecule has 0 bridgehead atoms. The van der Waals surface area contributed by atoms with Gasteiger partial charge < -0.3 is 16.3 Å². The van der Waals surface area contributed by atoms with Gasteiger partial charge >= 0.3 is 0 Å². The molecular weight excluding hydrogens is 208 g/mol. The number of carbonyl (C=O) groups excluding carboxylic acids is 1. The van der Waals surface area contributed by atoms with E-state index in [-0.39, 0.29) is 11.7 Å². The smallest absolute Gasteiger partial charge is 0.251 e. The van der Waals surface area contributed by atoms with Crippen molar-refractivity contribution in [2.75, 3.05) is 6.54 Å². The molecule has 1 amide bonds. The number of carbonyl (C=O) groups is 1. The van der Waals surface area contributed by atoms with Crippen molar-refractivity contribution in [3.8, 4) is 0 Å². The Hall–Kier alpha value is -2.11. The van der Waals surface area contributed by atoms with Crippen molar-refractivity contribution in [3.63, 3.8) is 0 Å². The Labute approximate surface area is 93.2 Å². The second kappa shape index (κ2) is 6.39. The molecule has 0 saturated heterocycles. The summed E-state index contributed by atoms with van der Waals surface area (Å²) < 4.78 is 0. The van der Waals surface area contributed by atoms with Crippen molar-refractivity contribution in [3.05, 3.63) is 30.1 Å². The van der Waals surface area contributed by atoms with Crippen LogP contribution in [-0.2, 0) is 0 Å². The van der Waals surface area contributed by atoms with Crippen molar-refractivity contribution in [2.45, 2.75) is 12.8 Å². The Morgan fingerprint density at radius 1 is 1.50 bits per heavy atom. The van der Waals surface area contributed by atoms with E-state index in [2.05, 4.69) is 15.5 Å². The minimum atomic E-state index is -0.151. The molecule has 1 rings (SSSR count). The van der Waals surface area contributed by atoms with Gasteiger partial charge in [0.2, 0.25) is 0 Å². The number of hydrogen-bond donors (Lipinski definition) is 3. The van der Waals surface area contributed by atoms with Gasteiger partial charge in [-0.25, -0.2) is 0 Å². The molecule has 0 aliphatic carbocycles. The molecular formula is C10H14N4O2. The van der Waals surface area contributed by atoms with Crippen LogP contribution >= 0.6 is 0 Å². The van der Waals surface area contributed by atoms with Crippen molar-refractivity contribution in [2.24, 2.45) is 10.9 Å². The largest absolute Gasteiger partial charge is 0.409 e. The van der Waals surface area contributed by atoms with Crippen LogP contribution < -0.4 is 11.1 Å². The van der Waals surface area contributed by atoms with Crippen LogP contribution in [0.5, 0.6) is 0 Å². The van der Waals surface area contributed by atoms with E-state index < -0.39 is 0 Å². The maximum Gasteiger partial charge on any atom is 0.251 e. The average Bonchev–Trinajstić information content (AvgIpc) is 2.35. The van der Waals surface area contributed by atoms with E-state index in [1.54, 1.807) is 24.5 Å². The first kappa shape index (κ1) is 12.0. The fourth-order valence-electron chi connectivity index (χ4n) is 1.13. The number of rotatable bonds is 5. The number of pyridine rings is 1. The van der Waals surface area contributed by atoms with Gasteiger partial charge in [0.25, 0.3) is 5.91 Å². The minimum Gasteiger partial charge on any atom is -0.409 e. The quantitative estimate of drug-likeness (QED) is 0.220. The first-order valence-electron chi connectivity index (χ1n) is 4.88. The molecule has 0 atom stereocenters. The van der Waals surface area contributed by atoms with E-state index in [0.717, 1.165) is 0 Å². The van der Waals surface area contributed by atoms with Gasteiger partial charge in [-0.2, -0.15) is 0 Å². The number of nitrogens with two attached hydrogens (primary N) is 1. The lowest BCUT2D eigenvalue weighted by Gasteiger charge is -2.04. The Bertz CT molecular complexity index is 364. The number of aromatic nitrogens is 1. The molecule has 1 heterocycles. The summed E-state index contributed by atoms with van der Waals surface area (Å²) in [5.74, 6) is 0.0140. The molecule has 6 nitrogen and oxygen atoms in total. The van der Waals surface area contributed by atoms with Crippen LogP contribution in [0.15, 0.2) is 29.7 Å². The molecule has 0 aromatic carbocycles. The van der Waals surface area contributed by atoms with Crippen LogP contribution in [0.3, 0.4) is 0 Å². The number of amidine groups is 1. The molecule has 0 radical (unpaired) electrons. The SMILES string of the molecule is NC(CCCNC(=O)c1ccncc1)=NO. The molecule has 6 heteroatoms. The lowest BCUT2D eigenvalue weighted by Crippen LogP contribution is -2.25. The highest BCUT2D eigenvalue weighted by atomic mass is 16.4. The molecule has 0 unspecified atom stereocenters. The highest BCUT2D eigenvalue weighted by Crippen LogP contribution is 1.96. The zero-order chi connectivity index (χ0) is 11.8. The van der Waals surface area contributed by atoms with Gasteiger partial charge in [-0.3, -0.25) is 9.78 Å². The zero-order valence-electron chi connectivity index (χ0n) is 8.76. The Morgan fingerprint density at radius 3 is 2.81 bits per heavy atom. The van der Waals surface area contributed by atoms with Crippen LogP contribution in [0.2, 0.25) is 0 Å². The second-order valence-corrected chi connectivity index (χ2v) is 3.19. The Kier molecular flexibility index (Phi) is 4.78. The molecule has 4 N–H and O–H groups in total. The maximum atomic E-state index is 11.5. The summed E-state index contributed by atoms with van der Waals surface area (Å²) in [5, 5.41) is 13.8. The highest BCUT2D eigenvalue weighted by Gasteiger charge is 2.03. The fourth-order valence-corrected chi connectivity index (χ4v) is 1.13. The summed E-state index contributed by atoms with van der Waals surface area (Å²) in [7, 11) is 0. The van der Waals surface area contributed by atoms with Crippen molar-refractivity contribution >= 4 is 11.7 Å². The minimum absolute atomic E-state index is 0.151. The summed E-state index contributed by atoms with van der Waals surface area (Å²) in [6.07, 6.45) is 4.20. The van der Waals surface area contributed by atoms with Crippen LogP contribution in [0.25, 0.3) is 0 Å². The van der Waals surface area contributed by atoms with Crippen LogP contribution in [-0.4, -0.2) is 28.5 Å². The molecule has 1 aromatic rings. The van der Waals surface area contributed by atoms with E-state index in [0.29, 0.717) is 24.9 Å². The molecule has 0 spiro atoms. The summed E-state index contributed by atoms with van der Waals surface area (Å²) in [4.78, 5) is 15.3. The average molecular weight is 222 g/mol. The molecule has 0 saturated carbocycles. The van der Waals surface area contributed by atoms with Gasteiger partial charge in [-0.15, -0.1) is 0 Å². The summed E-state index contributed by atoms with van der Waals surface area (Å²) >= 11 is 0. The lowest BCUT2D eigenvalue weighted by molar-refractivity contribution is 0.0953. The normalized spacial score (nSPS) is 11.1. The first-order valence-corrected chi connectivity index (χ1v) is 4.88. The van der Waals surface area contributed by atoms with Crippen molar-refractivity contribution in [1.29, 1.82) is 0 Å². The molecule has 0 aliphatic heterocycles. The highest BCUT2D eigenvalue weighted by molar-refractivity contribution is 5.93. The van der Waals surface area contributed by atoms with Gasteiger partial charge in [-0.1, -0.05) is 5.16 Å².